The second kappa shape index (κ2) is 6.56. The fraction of sp³-hybridized carbons (Fsp3) is 0.529. The van der Waals surface area contributed by atoms with Gasteiger partial charge >= 0.3 is 6.03 Å². The molecule has 0 bridgehead atoms. The molecule has 1 saturated carbocycles. The number of urea groups is 1. The van der Waals surface area contributed by atoms with Gasteiger partial charge in [-0.25, -0.2) is 9.18 Å². The van der Waals surface area contributed by atoms with E-state index in [2.05, 4.69) is 5.32 Å². The summed E-state index contributed by atoms with van der Waals surface area (Å²) in [4.78, 5) is 25.0. The van der Waals surface area contributed by atoms with E-state index < -0.39 is 0 Å². The van der Waals surface area contributed by atoms with Gasteiger partial charge < -0.3 is 16.0 Å². The highest BCUT2D eigenvalue weighted by Crippen LogP contribution is 2.41. The first kappa shape index (κ1) is 15.8. The van der Waals surface area contributed by atoms with Crippen molar-refractivity contribution < 1.29 is 14.0 Å². The number of piperidine rings is 1. The third-order valence-corrected chi connectivity index (χ3v) is 4.77. The highest BCUT2D eigenvalue weighted by atomic mass is 19.1. The van der Waals surface area contributed by atoms with Crippen LogP contribution < -0.4 is 11.1 Å². The van der Waals surface area contributed by atoms with Crippen molar-refractivity contribution in [3.05, 3.63) is 35.6 Å². The van der Waals surface area contributed by atoms with Crippen LogP contribution >= 0.6 is 0 Å². The first-order valence-electron chi connectivity index (χ1n) is 8.12. The van der Waals surface area contributed by atoms with Crippen molar-refractivity contribution in [2.24, 2.45) is 11.7 Å². The number of nitrogens with one attached hydrogen (secondary N) is 1. The Labute approximate surface area is 135 Å². The minimum absolute atomic E-state index is 0.0635. The summed E-state index contributed by atoms with van der Waals surface area (Å²) in [5.74, 6) is -0.0145. The van der Waals surface area contributed by atoms with Gasteiger partial charge in [0.2, 0.25) is 5.91 Å². The second-order valence-corrected chi connectivity index (χ2v) is 6.55. The van der Waals surface area contributed by atoms with Gasteiger partial charge in [0.25, 0.3) is 0 Å². The number of rotatable bonds is 4. The summed E-state index contributed by atoms with van der Waals surface area (Å²) >= 11 is 0. The number of likely N-dealkylation sites (tertiary alicyclic amines) is 1. The van der Waals surface area contributed by atoms with Gasteiger partial charge in [0.15, 0.2) is 0 Å². The zero-order chi connectivity index (χ0) is 16.4. The molecule has 0 radical (unpaired) electrons. The number of hydrogen-bond donors (Lipinski definition) is 2. The number of carbonyl (C=O) groups is 2. The fourth-order valence-electron chi connectivity index (χ4n) is 3.33. The van der Waals surface area contributed by atoms with Crippen LogP contribution in [0.1, 0.15) is 37.2 Å². The van der Waals surface area contributed by atoms with Gasteiger partial charge in [-0.05, 0) is 42.9 Å². The van der Waals surface area contributed by atoms with E-state index in [9.17, 15) is 14.0 Å². The van der Waals surface area contributed by atoms with E-state index in [4.69, 9.17) is 5.73 Å². The minimum atomic E-state index is -0.274. The maximum absolute atomic E-state index is 13.2. The van der Waals surface area contributed by atoms with Crippen LogP contribution in [0.2, 0.25) is 0 Å². The molecule has 0 spiro atoms. The van der Waals surface area contributed by atoms with Crippen LogP contribution in [0.5, 0.6) is 0 Å². The Morgan fingerprint density at radius 2 is 2.04 bits per heavy atom. The molecule has 2 fully saturated rings. The van der Waals surface area contributed by atoms with Gasteiger partial charge in [-0.15, -0.1) is 0 Å². The molecule has 5 nitrogen and oxygen atoms in total. The van der Waals surface area contributed by atoms with Crippen molar-refractivity contribution in [1.82, 2.24) is 10.2 Å². The Morgan fingerprint density at radius 3 is 2.70 bits per heavy atom. The van der Waals surface area contributed by atoms with Crippen LogP contribution in [0.4, 0.5) is 9.18 Å². The number of hydrogen-bond acceptors (Lipinski definition) is 2. The molecule has 1 aliphatic carbocycles. The molecular weight excluding hydrogens is 297 g/mol. The van der Waals surface area contributed by atoms with Gasteiger partial charge in [0.1, 0.15) is 5.82 Å². The molecule has 3 amide bonds. The molecule has 1 aromatic rings. The third kappa shape index (κ3) is 4.00. The van der Waals surface area contributed by atoms with Crippen LogP contribution in [0, 0.1) is 11.7 Å². The lowest BCUT2D eigenvalue weighted by Gasteiger charge is -2.31. The number of primary amides is 1. The largest absolute Gasteiger partial charge is 0.370 e. The van der Waals surface area contributed by atoms with Crippen molar-refractivity contribution in [2.75, 3.05) is 13.1 Å². The van der Waals surface area contributed by atoms with E-state index >= 15 is 0 Å². The molecule has 1 saturated heterocycles. The number of nitrogens with zero attached hydrogens (tertiary/aromatic N) is 1. The molecular formula is C17H22FN3O2. The first-order valence-corrected chi connectivity index (χ1v) is 8.12. The molecule has 23 heavy (non-hydrogen) atoms. The van der Waals surface area contributed by atoms with Crippen LogP contribution in [0.25, 0.3) is 0 Å². The first-order chi connectivity index (χ1) is 11.0. The quantitative estimate of drug-likeness (QED) is 0.890. The van der Waals surface area contributed by atoms with Gasteiger partial charge in [-0.2, -0.15) is 0 Å². The number of nitrogens with two attached hydrogens (primary N) is 1. The average molecular weight is 319 g/mol. The average Bonchev–Trinajstić information content (AvgIpc) is 3.26. The van der Waals surface area contributed by atoms with E-state index in [1.165, 1.54) is 12.1 Å². The van der Waals surface area contributed by atoms with E-state index in [0.717, 1.165) is 24.8 Å². The number of carbonyl (C=O) groups excluding carboxylic acids is 2. The van der Waals surface area contributed by atoms with E-state index in [-0.39, 0.29) is 35.6 Å². The maximum Gasteiger partial charge on any atom is 0.317 e. The Morgan fingerprint density at radius 1 is 1.30 bits per heavy atom. The zero-order valence-electron chi connectivity index (χ0n) is 13.0. The summed E-state index contributed by atoms with van der Waals surface area (Å²) in [6, 6.07) is 6.58. The number of amides is 3. The Balaban J connectivity index is 1.45. The Hall–Kier alpha value is -2.11. The monoisotopic (exact) mass is 319 g/mol. The molecule has 2 aliphatic rings. The molecule has 124 valence electrons. The molecule has 3 N–H and O–H groups in total. The summed E-state index contributed by atoms with van der Waals surface area (Å²) in [6.07, 6.45) is 2.88. The number of benzene rings is 1. The normalized spacial score (nSPS) is 24.3. The Bertz CT molecular complexity index is 599. The molecule has 1 heterocycles. The highest BCUT2D eigenvalue weighted by Gasteiger charge is 2.40. The molecule has 1 aromatic carbocycles. The van der Waals surface area contributed by atoms with Gasteiger partial charge in [-0.1, -0.05) is 12.1 Å². The maximum atomic E-state index is 13.2. The predicted octanol–water partition coefficient (Wildman–Crippen LogP) is 1.98. The smallest absolute Gasteiger partial charge is 0.317 e. The molecule has 6 heteroatoms. The molecule has 2 atom stereocenters. The van der Waals surface area contributed by atoms with Gasteiger partial charge in [-0.3, -0.25) is 4.79 Å². The van der Waals surface area contributed by atoms with Crippen molar-refractivity contribution in [3.8, 4) is 0 Å². The minimum Gasteiger partial charge on any atom is -0.370 e. The number of halogens is 1. The lowest BCUT2D eigenvalue weighted by Crippen LogP contribution is -2.45. The van der Waals surface area contributed by atoms with E-state index in [0.29, 0.717) is 19.5 Å². The third-order valence-electron chi connectivity index (χ3n) is 4.77. The standard InChI is InChI=1S/C17H22FN3O2/c18-13-3-1-2-12(9-13)14-10-15(14)20-17(23)21-6-4-11(5-7-21)8-16(19)22/h1-3,9,11,14-15H,4-8,10H2,(H2,19,22)(H,20,23)/t14-,15+/m1/s1. The SMILES string of the molecule is NC(=O)CC1CCN(C(=O)N[C@H]2C[C@@H]2c2cccc(F)c2)CC1. The Kier molecular flexibility index (Phi) is 4.50. The van der Waals surface area contributed by atoms with E-state index in [1.54, 1.807) is 11.0 Å². The van der Waals surface area contributed by atoms with Crippen LogP contribution in [0.3, 0.4) is 0 Å². The zero-order valence-corrected chi connectivity index (χ0v) is 13.0. The van der Waals surface area contributed by atoms with Crippen molar-refractivity contribution >= 4 is 11.9 Å². The van der Waals surface area contributed by atoms with Crippen molar-refractivity contribution in [1.29, 1.82) is 0 Å². The summed E-state index contributed by atoms with van der Waals surface area (Å²) in [5.41, 5.74) is 6.15. The van der Waals surface area contributed by atoms with Crippen LogP contribution in [-0.2, 0) is 4.79 Å². The fourth-order valence-corrected chi connectivity index (χ4v) is 3.33. The topological polar surface area (TPSA) is 75.4 Å². The second-order valence-electron chi connectivity index (χ2n) is 6.55. The molecule has 1 aliphatic heterocycles. The summed E-state index contributed by atoms with van der Waals surface area (Å²) < 4.78 is 13.2. The lowest BCUT2D eigenvalue weighted by atomic mass is 9.93. The van der Waals surface area contributed by atoms with Crippen molar-refractivity contribution in [2.45, 2.75) is 37.6 Å². The summed E-state index contributed by atoms with van der Waals surface area (Å²) in [6.45, 7) is 1.31. The molecule has 0 aromatic heterocycles. The van der Waals surface area contributed by atoms with Gasteiger partial charge in [0, 0.05) is 31.5 Å². The predicted molar refractivity (Wildman–Crippen MR) is 84.2 cm³/mol. The van der Waals surface area contributed by atoms with Crippen LogP contribution in [0.15, 0.2) is 24.3 Å². The van der Waals surface area contributed by atoms with Gasteiger partial charge in [0.05, 0.1) is 0 Å². The lowest BCUT2D eigenvalue weighted by molar-refractivity contribution is -0.119. The molecule has 0 unspecified atom stereocenters. The van der Waals surface area contributed by atoms with Crippen LogP contribution in [-0.4, -0.2) is 36.0 Å². The summed E-state index contributed by atoms with van der Waals surface area (Å²) in [5, 5.41) is 3.02. The molecule has 3 rings (SSSR count). The van der Waals surface area contributed by atoms with E-state index in [1.807, 2.05) is 6.07 Å². The highest BCUT2D eigenvalue weighted by molar-refractivity contribution is 5.76. The van der Waals surface area contributed by atoms with Crippen molar-refractivity contribution in [3.63, 3.8) is 0 Å². The summed E-state index contributed by atoms with van der Waals surface area (Å²) in [7, 11) is 0.